The molecule has 1 spiro atoms. The van der Waals surface area contributed by atoms with E-state index in [2.05, 4.69) is 17.1 Å². The zero-order valence-corrected chi connectivity index (χ0v) is 15.3. The van der Waals surface area contributed by atoms with Crippen molar-refractivity contribution in [1.82, 2.24) is 14.8 Å². The molecule has 2 aromatic rings. The second kappa shape index (κ2) is 7.07. The molecular formula is C19H21N3O3S. The van der Waals surface area contributed by atoms with Crippen molar-refractivity contribution in [2.24, 2.45) is 0 Å². The molecule has 0 N–H and O–H groups in total. The number of hydrogen-bond acceptors (Lipinski definition) is 5. The molecule has 26 heavy (non-hydrogen) atoms. The van der Waals surface area contributed by atoms with Crippen LogP contribution in [0.1, 0.15) is 28.9 Å². The highest BCUT2D eigenvalue weighted by atomic mass is 32.1. The van der Waals surface area contributed by atoms with Gasteiger partial charge in [-0.25, -0.2) is 9.78 Å². The third kappa shape index (κ3) is 3.44. The highest BCUT2D eigenvalue weighted by Crippen LogP contribution is 2.33. The molecule has 2 fully saturated rings. The van der Waals surface area contributed by atoms with E-state index in [1.54, 1.807) is 20.7 Å². The number of amides is 2. The summed E-state index contributed by atoms with van der Waals surface area (Å²) in [6.07, 6.45) is 1.94. The van der Waals surface area contributed by atoms with Crippen LogP contribution in [0, 0.1) is 0 Å². The van der Waals surface area contributed by atoms with E-state index >= 15 is 0 Å². The van der Waals surface area contributed by atoms with Gasteiger partial charge in [-0.15, -0.1) is 11.3 Å². The van der Waals surface area contributed by atoms with Crippen LogP contribution in [-0.2, 0) is 11.2 Å². The Kier molecular flexibility index (Phi) is 4.63. The molecule has 0 aliphatic carbocycles. The Morgan fingerprint density at radius 3 is 2.69 bits per heavy atom. The average molecular weight is 371 g/mol. The lowest BCUT2D eigenvalue weighted by atomic mass is 9.91. The SMILES string of the molecule is O=C1OC2(CCN(C(=O)c3cscn3)CC2)CN1CCc1ccccc1. The molecule has 7 heteroatoms. The number of piperidine rings is 1. The lowest BCUT2D eigenvalue weighted by Crippen LogP contribution is -2.48. The standard InChI is InChI=1S/C19H21N3O3S/c23-17(16-12-26-14-20-16)21-10-7-19(8-11-21)13-22(18(24)25-19)9-6-15-4-2-1-3-5-15/h1-5,12,14H,6-11,13H2. The number of rotatable bonds is 4. The second-order valence-electron chi connectivity index (χ2n) is 6.87. The Morgan fingerprint density at radius 1 is 1.23 bits per heavy atom. The molecule has 3 heterocycles. The van der Waals surface area contributed by atoms with E-state index in [1.807, 2.05) is 18.2 Å². The second-order valence-corrected chi connectivity index (χ2v) is 7.59. The number of thiazole rings is 1. The minimum Gasteiger partial charge on any atom is -0.441 e. The van der Waals surface area contributed by atoms with Gasteiger partial charge in [-0.2, -0.15) is 0 Å². The summed E-state index contributed by atoms with van der Waals surface area (Å²) in [7, 11) is 0. The van der Waals surface area contributed by atoms with Gasteiger partial charge in [-0.3, -0.25) is 4.79 Å². The summed E-state index contributed by atoms with van der Waals surface area (Å²) in [5.74, 6) is -0.0358. The highest BCUT2D eigenvalue weighted by Gasteiger charge is 2.47. The summed E-state index contributed by atoms with van der Waals surface area (Å²) in [5, 5.41) is 1.77. The molecule has 136 valence electrons. The molecule has 0 saturated carbocycles. The molecule has 0 radical (unpaired) electrons. The molecule has 2 amide bonds. The summed E-state index contributed by atoms with van der Waals surface area (Å²) < 4.78 is 5.75. The molecule has 0 unspecified atom stereocenters. The first-order valence-corrected chi connectivity index (χ1v) is 9.79. The summed E-state index contributed by atoms with van der Waals surface area (Å²) in [6.45, 7) is 2.45. The van der Waals surface area contributed by atoms with Gasteiger partial charge in [0.15, 0.2) is 0 Å². The topological polar surface area (TPSA) is 62.7 Å². The fourth-order valence-corrected chi connectivity index (χ4v) is 4.16. The Labute approximate surface area is 156 Å². The molecule has 1 aromatic carbocycles. The first-order chi connectivity index (χ1) is 12.7. The molecular weight excluding hydrogens is 350 g/mol. The van der Waals surface area contributed by atoms with Crippen molar-refractivity contribution in [1.29, 1.82) is 0 Å². The van der Waals surface area contributed by atoms with Crippen molar-refractivity contribution in [3.63, 3.8) is 0 Å². The van der Waals surface area contributed by atoms with Gasteiger partial charge in [0.2, 0.25) is 0 Å². The third-order valence-electron chi connectivity index (χ3n) is 5.17. The molecule has 1 aromatic heterocycles. The molecule has 4 rings (SSSR count). The van der Waals surface area contributed by atoms with Crippen LogP contribution in [0.3, 0.4) is 0 Å². The average Bonchev–Trinajstić information content (AvgIpc) is 3.30. The molecule has 2 saturated heterocycles. The maximum Gasteiger partial charge on any atom is 0.410 e. The van der Waals surface area contributed by atoms with Crippen LogP contribution in [0.2, 0.25) is 0 Å². The van der Waals surface area contributed by atoms with Gasteiger partial charge in [0.25, 0.3) is 5.91 Å². The van der Waals surface area contributed by atoms with Crippen molar-refractivity contribution in [2.75, 3.05) is 26.2 Å². The predicted octanol–water partition coefficient (Wildman–Crippen LogP) is 2.81. The van der Waals surface area contributed by atoms with E-state index in [-0.39, 0.29) is 12.0 Å². The van der Waals surface area contributed by atoms with Gasteiger partial charge in [-0.1, -0.05) is 30.3 Å². The quantitative estimate of drug-likeness (QED) is 0.829. The Hall–Kier alpha value is -2.41. The van der Waals surface area contributed by atoms with E-state index in [4.69, 9.17) is 4.74 Å². The summed E-state index contributed by atoms with van der Waals surface area (Å²) in [4.78, 5) is 32.4. The molecule has 6 nitrogen and oxygen atoms in total. The number of carbonyl (C=O) groups excluding carboxylic acids is 2. The molecule has 2 aliphatic rings. The fraction of sp³-hybridized carbons (Fsp3) is 0.421. The van der Waals surface area contributed by atoms with E-state index < -0.39 is 5.60 Å². The number of benzene rings is 1. The van der Waals surface area contributed by atoms with Crippen LogP contribution >= 0.6 is 11.3 Å². The van der Waals surface area contributed by atoms with Crippen molar-refractivity contribution in [3.8, 4) is 0 Å². The summed E-state index contributed by atoms with van der Waals surface area (Å²) in [6, 6.07) is 10.1. The first-order valence-electron chi connectivity index (χ1n) is 8.85. The van der Waals surface area contributed by atoms with Gasteiger partial charge < -0.3 is 14.5 Å². The van der Waals surface area contributed by atoms with Crippen LogP contribution in [0.4, 0.5) is 4.79 Å². The zero-order chi connectivity index (χ0) is 18.0. The minimum atomic E-state index is -0.452. The first kappa shape index (κ1) is 17.0. The van der Waals surface area contributed by atoms with Crippen LogP contribution in [0.25, 0.3) is 0 Å². The van der Waals surface area contributed by atoms with E-state index in [9.17, 15) is 9.59 Å². The summed E-state index contributed by atoms with van der Waals surface area (Å²) in [5.41, 5.74) is 2.93. The van der Waals surface area contributed by atoms with Crippen molar-refractivity contribution in [2.45, 2.75) is 24.9 Å². The number of ether oxygens (including phenoxy) is 1. The molecule has 0 atom stereocenters. The van der Waals surface area contributed by atoms with Crippen molar-refractivity contribution < 1.29 is 14.3 Å². The smallest absolute Gasteiger partial charge is 0.410 e. The van der Waals surface area contributed by atoms with Gasteiger partial charge in [0, 0.05) is 37.9 Å². The van der Waals surface area contributed by atoms with Crippen LogP contribution in [0.15, 0.2) is 41.2 Å². The monoisotopic (exact) mass is 371 g/mol. The number of likely N-dealkylation sites (tertiary alicyclic amines) is 1. The Bertz CT molecular complexity index is 771. The largest absolute Gasteiger partial charge is 0.441 e. The highest BCUT2D eigenvalue weighted by molar-refractivity contribution is 7.07. The van der Waals surface area contributed by atoms with Gasteiger partial charge in [0.1, 0.15) is 11.3 Å². The third-order valence-corrected chi connectivity index (χ3v) is 5.75. The van der Waals surface area contributed by atoms with Crippen molar-refractivity contribution in [3.05, 3.63) is 52.5 Å². The Balaban J connectivity index is 1.33. The van der Waals surface area contributed by atoms with E-state index in [0.717, 1.165) is 6.42 Å². The minimum absolute atomic E-state index is 0.0358. The lowest BCUT2D eigenvalue weighted by molar-refractivity contribution is 0.00299. The van der Waals surface area contributed by atoms with E-state index in [0.29, 0.717) is 44.7 Å². The fourth-order valence-electron chi connectivity index (χ4n) is 3.63. The van der Waals surface area contributed by atoms with Gasteiger partial charge in [0.05, 0.1) is 12.1 Å². The summed E-state index contributed by atoms with van der Waals surface area (Å²) >= 11 is 1.42. The normalized spacial score (nSPS) is 19.0. The molecule has 0 bridgehead atoms. The maximum absolute atomic E-state index is 12.4. The number of nitrogens with zero attached hydrogens (tertiary/aromatic N) is 3. The maximum atomic E-state index is 12.4. The Morgan fingerprint density at radius 2 is 2.00 bits per heavy atom. The van der Waals surface area contributed by atoms with Gasteiger partial charge in [-0.05, 0) is 12.0 Å². The predicted molar refractivity (Wildman–Crippen MR) is 98.2 cm³/mol. The number of hydrogen-bond donors (Lipinski definition) is 0. The van der Waals surface area contributed by atoms with Crippen molar-refractivity contribution >= 4 is 23.3 Å². The molecule has 2 aliphatic heterocycles. The van der Waals surface area contributed by atoms with Crippen LogP contribution in [-0.4, -0.2) is 58.6 Å². The van der Waals surface area contributed by atoms with Crippen LogP contribution in [0.5, 0.6) is 0 Å². The van der Waals surface area contributed by atoms with E-state index in [1.165, 1.54) is 16.9 Å². The lowest BCUT2D eigenvalue weighted by Gasteiger charge is -2.37. The zero-order valence-electron chi connectivity index (χ0n) is 14.5. The number of aromatic nitrogens is 1. The number of carbonyl (C=O) groups is 2. The van der Waals surface area contributed by atoms with Gasteiger partial charge >= 0.3 is 6.09 Å². The van der Waals surface area contributed by atoms with Crippen LogP contribution < -0.4 is 0 Å².